The highest BCUT2D eigenvalue weighted by molar-refractivity contribution is 9.10. The lowest BCUT2D eigenvalue weighted by molar-refractivity contribution is -0.385. The fourth-order valence-corrected chi connectivity index (χ4v) is 4.10. The number of rotatable bonds is 5. The number of benzene rings is 7. The topological polar surface area (TPSA) is 160 Å². The van der Waals surface area contributed by atoms with Gasteiger partial charge in [0.15, 0.2) is 0 Å². The summed E-state index contributed by atoms with van der Waals surface area (Å²) in [6, 6.07) is 66.0. The van der Waals surface area contributed by atoms with Gasteiger partial charge in [0.2, 0.25) is 0 Å². The Balaban J connectivity index is -0.000000420. The van der Waals surface area contributed by atoms with Crippen LogP contribution in [0.2, 0.25) is 0 Å². The van der Waals surface area contributed by atoms with Gasteiger partial charge in [0.1, 0.15) is 23.9 Å². The Labute approximate surface area is 491 Å². The highest BCUT2D eigenvalue weighted by Crippen LogP contribution is 2.16. The number of hydrogen-bond donors (Lipinski definition) is 1. The number of ether oxygens (including phenoxy) is 3. The predicted octanol–water partition coefficient (Wildman–Crippen LogP) is 16.6. The van der Waals surface area contributed by atoms with E-state index >= 15 is 0 Å². The van der Waals surface area contributed by atoms with Crippen molar-refractivity contribution in [1.82, 2.24) is 9.97 Å². The van der Waals surface area contributed by atoms with Crippen LogP contribution >= 0.6 is 31.9 Å². The standard InChI is InChI=1S/C7H7NO3.C6H4FNO2.C6H7NO.5C6H6.C5H4BrN.C4H6O.C3H3Br.C2H6.CH4O/c1-11-7-4-2-6(3-5-7)8(9)10;7-5-1-3-6(4-2-5)8(9)10;1-8-6-2-4-7-5-3-6;5*1-2-4-6-5-3-1;6-5-1-3-7-4-2-5;1-3-4-5-2;1-2-3-4;2*1-2/h2-5H,1H3;1-4H;2-5H,1H3;5*1-6H;1-4H;1H,4H2,2H3;1H,3H2;1-2H3;2H,1H3/i;;;5*1T;;;;;. The van der Waals surface area contributed by atoms with Gasteiger partial charge in [-0.3, -0.25) is 30.2 Å². The van der Waals surface area contributed by atoms with Crippen LogP contribution in [0, 0.1) is 50.7 Å². The number of alkyl halides is 1. The fraction of sp³-hybridized carbons (Fsp3) is 0.125. The van der Waals surface area contributed by atoms with E-state index in [1.54, 1.807) is 124 Å². The Kier molecular flexibility index (Phi) is 54.8. The number of hydrogen-bond acceptors (Lipinski definition) is 10. The molecule has 12 nitrogen and oxygen atoms in total. The Morgan fingerprint density at radius 2 is 0.759 bits per heavy atom. The molecule has 0 unspecified atom stereocenters. The van der Waals surface area contributed by atoms with Crippen molar-refractivity contribution in [1.29, 1.82) is 0 Å². The summed E-state index contributed by atoms with van der Waals surface area (Å²) < 4.78 is 62.3. The monoisotopic (exact) mass is 1210 g/mol. The maximum Gasteiger partial charge on any atom is 0.269 e. The summed E-state index contributed by atoms with van der Waals surface area (Å²) in [7, 11) is 5.72. The second-order valence-electron chi connectivity index (χ2n) is 12.6. The molecule has 7 aromatic carbocycles. The van der Waals surface area contributed by atoms with Gasteiger partial charge >= 0.3 is 0 Å². The number of nitrogens with zero attached hydrogens (tertiary/aromatic N) is 4. The smallest absolute Gasteiger partial charge is 0.269 e. The lowest BCUT2D eigenvalue weighted by Crippen LogP contribution is -1.87. The van der Waals surface area contributed by atoms with Gasteiger partial charge in [0.05, 0.1) is 36.3 Å². The summed E-state index contributed by atoms with van der Waals surface area (Å²) >= 11 is 6.28. The van der Waals surface area contributed by atoms with Crippen molar-refractivity contribution in [2.24, 2.45) is 0 Å². The molecule has 0 radical (unpaired) electrons. The molecule has 0 aliphatic rings. The van der Waals surface area contributed by atoms with Gasteiger partial charge in [-0.1, -0.05) is 239 Å². The van der Waals surface area contributed by atoms with E-state index in [4.69, 9.17) is 34.3 Å². The van der Waals surface area contributed by atoms with Gasteiger partial charge in [-0.15, -0.1) is 12.8 Å². The number of terminal acetylenes is 2. The van der Waals surface area contributed by atoms with Crippen LogP contribution in [0.4, 0.5) is 15.8 Å². The number of halogens is 3. The van der Waals surface area contributed by atoms with Crippen molar-refractivity contribution in [3.8, 4) is 36.2 Å². The van der Waals surface area contributed by atoms with E-state index in [1.165, 1.54) is 19.2 Å². The molecule has 0 saturated heterocycles. The van der Waals surface area contributed by atoms with E-state index < -0.39 is 15.7 Å². The van der Waals surface area contributed by atoms with Crippen LogP contribution in [0.3, 0.4) is 0 Å². The Morgan fingerprint density at radius 3 is 0.924 bits per heavy atom. The van der Waals surface area contributed by atoms with Crippen LogP contribution in [-0.2, 0) is 4.74 Å². The molecule has 0 atom stereocenters. The molecule has 0 spiro atoms. The van der Waals surface area contributed by atoms with Crippen LogP contribution in [-0.4, -0.2) is 65.3 Å². The van der Waals surface area contributed by atoms with Crippen molar-refractivity contribution >= 4 is 43.2 Å². The van der Waals surface area contributed by atoms with Crippen molar-refractivity contribution in [2.75, 3.05) is 40.4 Å². The first-order valence-corrected chi connectivity index (χ1v) is 25.1. The first kappa shape index (κ1) is 66.3. The zero-order valence-electron chi connectivity index (χ0n) is 50.0. The quantitative estimate of drug-likeness (QED) is 0.0760. The van der Waals surface area contributed by atoms with Crippen molar-refractivity contribution in [2.45, 2.75) is 13.8 Å². The van der Waals surface area contributed by atoms with Crippen LogP contribution < -0.4 is 9.47 Å². The largest absolute Gasteiger partial charge is 0.497 e. The van der Waals surface area contributed by atoms with Gasteiger partial charge in [0, 0.05) is 67.7 Å². The first-order chi connectivity index (χ1) is 40.6. The number of methoxy groups -OCH3 is 3. The summed E-state index contributed by atoms with van der Waals surface area (Å²) in [5, 5.41) is 27.8. The molecule has 2 aromatic heterocycles. The number of nitro benzene ring substituents is 2. The number of nitro groups is 2. The van der Waals surface area contributed by atoms with E-state index in [-0.39, 0.29) is 11.4 Å². The number of aliphatic hydroxyl groups is 1. The van der Waals surface area contributed by atoms with Crippen LogP contribution in [0.1, 0.15) is 20.7 Å². The predicted molar refractivity (Wildman–Crippen MR) is 330 cm³/mol. The number of aromatic nitrogens is 2. The third-order valence-corrected chi connectivity index (χ3v) is 8.04. The molecule has 0 saturated carbocycles. The maximum absolute atomic E-state index is 12.1. The number of pyridine rings is 2. The second kappa shape index (κ2) is 65.3. The van der Waals surface area contributed by atoms with Gasteiger partial charge in [-0.25, -0.2) is 4.39 Å². The highest BCUT2D eigenvalue weighted by atomic mass is 79.9. The lowest BCUT2D eigenvalue weighted by Gasteiger charge is -1.96. The average Bonchev–Trinajstić information content (AvgIpc) is 3.54. The lowest BCUT2D eigenvalue weighted by atomic mass is 10.3. The van der Waals surface area contributed by atoms with E-state index in [1.807, 2.05) is 117 Å². The molecular weight excluding hydrogens is 1130 g/mol. The van der Waals surface area contributed by atoms with Crippen molar-refractivity contribution in [3.05, 3.63) is 310 Å². The molecule has 0 aliphatic carbocycles. The minimum absolute atomic E-state index is 0.0748. The second-order valence-corrected chi connectivity index (χ2v) is 14.1. The molecule has 1 N–H and O–H groups in total. The van der Waals surface area contributed by atoms with Crippen molar-refractivity contribution in [3.63, 3.8) is 0 Å². The van der Waals surface area contributed by atoms with Crippen molar-refractivity contribution < 1.29 is 40.4 Å². The summed E-state index contributed by atoms with van der Waals surface area (Å²) in [6.07, 6.45) is 16.4. The van der Waals surface area contributed by atoms with E-state index in [0.29, 0.717) is 47.9 Å². The summed E-state index contributed by atoms with van der Waals surface area (Å²) in [4.78, 5) is 26.8. The third kappa shape index (κ3) is 59.9. The molecule has 9 rings (SSSR count). The number of non-ortho nitro benzene ring substituents is 2. The average molecular weight is 1210 g/mol. The zero-order chi connectivity index (χ0) is 63.9. The molecule has 79 heavy (non-hydrogen) atoms. The van der Waals surface area contributed by atoms with Crippen LogP contribution in [0.25, 0.3) is 0 Å². The summed E-state index contributed by atoms with van der Waals surface area (Å²) in [6.45, 7) is 4.42. The van der Waals surface area contributed by atoms with Gasteiger partial charge in [-0.2, -0.15) is 0 Å². The van der Waals surface area contributed by atoms with Crippen LogP contribution in [0.15, 0.2) is 284 Å². The molecule has 9 aromatic rings. The van der Waals surface area contributed by atoms with Gasteiger partial charge in [0.25, 0.3) is 11.4 Å². The van der Waals surface area contributed by atoms with E-state index in [0.717, 1.165) is 41.6 Å². The first-order valence-electron chi connectivity index (χ1n) is 25.7. The Bertz CT molecular complexity index is 2650. The Morgan fingerprint density at radius 1 is 0.506 bits per heavy atom. The molecule has 15 heteroatoms. The maximum atomic E-state index is 12.1. The molecular formula is C64H71Br2FN4O8. The minimum Gasteiger partial charge on any atom is -0.497 e. The summed E-state index contributed by atoms with van der Waals surface area (Å²) in [5.41, 5.74) is -0.0211. The molecule has 0 fully saturated rings. The van der Waals surface area contributed by atoms with E-state index in [2.05, 4.69) is 58.4 Å². The fourth-order valence-electron chi connectivity index (χ4n) is 3.87. The van der Waals surface area contributed by atoms with Gasteiger partial charge in [-0.05, 0) is 48.5 Å². The Hall–Kier alpha value is -8.83. The molecule has 0 bridgehead atoms. The molecule has 416 valence electrons. The normalized spacial score (nSPS) is 8.84. The summed E-state index contributed by atoms with van der Waals surface area (Å²) in [5.74, 6) is 5.64. The number of aliphatic hydroxyl groups excluding tert-OH is 1. The SMILES string of the molecule is Brc1ccncc1.C#CCBr.C#CCOC.CC.CO.COc1ccc([N+](=O)[O-])cc1.COc1ccncc1.O=[N+]([O-])c1ccc(F)cc1.[3H]c1ccccc1.[3H]c1ccccc1.[3H]c1ccccc1.[3H]c1ccccc1.[3H]c1ccccc1. The molecule has 2 heterocycles. The van der Waals surface area contributed by atoms with E-state index in [9.17, 15) is 24.6 Å². The zero-order valence-corrected chi connectivity index (χ0v) is 48.1. The minimum atomic E-state index is -0.570. The third-order valence-electron chi connectivity index (χ3n) is 7.19. The molecule has 0 amide bonds. The molecule has 0 aliphatic heterocycles. The highest BCUT2D eigenvalue weighted by Gasteiger charge is 2.03. The van der Waals surface area contributed by atoms with Gasteiger partial charge < -0.3 is 19.3 Å². The van der Waals surface area contributed by atoms with Crippen LogP contribution in [0.5, 0.6) is 11.5 Å².